The maximum atomic E-state index is 13.7. The lowest BCUT2D eigenvalue weighted by atomic mass is 10.0. The number of benzene rings is 2. The minimum absolute atomic E-state index is 0.0232. The Balaban J connectivity index is 1.97. The number of halogens is 2. The minimum atomic E-state index is -0.993. The van der Waals surface area contributed by atoms with Crippen molar-refractivity contribution in [3.63, 3.8) is 0 Å². The highest BCUT2D eigenvalue weighted by atomic mass is 19.2. The average Bonchev–Trinajstić information content (AvgIpc) is 2.51. The van der Waals surface area contributed by atoms with Gasteiger partial charge >= 0.3 is 0 Å². The molecule has 4 heteroatoms. The molecule has 0 fully saturated rings. The standard InChI is InChI=1S/C17H13F2NO/c18-14-7-3-5-12(16(14)19)10-15(21)17-13-6-2-1-4-11(13)8-9-20-17/h1-9,15,21H,10H2. The zero-order valence-corrected chi connectivity index (χ0v) is 11.1. The molecule has 1 atom stereocenters. The van der Waals surface area contributed by atoms with Crippen molar-refractivity contribution < 1.29 is 13.9 Å². The van der Waals surface area contributed by atoms with Crippen LogP contribution in [0.5, 0.6) is 0 Å². The van der Waals surface area contributed by atoms with Crippen LogP contribution in [0.25, 0.3) is 10.8 Å². The van der Waals surface area contributed by atoms with Gasteiger partial charge in [-0.1, -0.05) is 36.4 Å². The number of aliphatic hydroxyl groups is 1. The number of aliphatic hydroxyl groups excluding tert-OH is 1. The van der Waals surface area contributed by atoms with Crippen molar-refractivity contribution in [2.45, 2.75) is 12.5 Å². The Labute approximate surface area is 120 Å². The molecule has 3 rings (SSSR count). The highest BCUT2D eigenvalue weighted by Gasteiger charge is 2.17. The number of fused-ring (bicyclic) bond motifs is 1. The maximum Gasteiger partial charge on any atom is 0.162 e. The quantitative estimate of drug-likeness (QED) is 0.794. The summed E-state index contributed by atoms with van der Waals surface area (Å²) in [6, 6.07) is 13.3. The lowest BCUT2D eigenvalue weighted by Gasteiger charge is -2.13. The van der Waals surface area contributed by atoms with E-state index in [0.717, 1.165) is 16.8 Å². The Bertz CT molecular complexity index is 783. The Morgan fingerprint density at radius 3 is 2.67 bits per heavy atom. The number of hydrogen-bond acceptors (Lipinski definition) is 2. The van der Waals surface area contributed by atoms with Crippen LogP contribution >= 0.6 is 0 Å². The van der Waals surface area contributed by atoms with Crippen LogP contribution < -0.4 is 0 Å². The van der Waals surface area contributed by atoms with E-state index in [4.69, 9.17) is 0 Å². The molecule has 21 heavy (non-hydrogen) atoms. The Morgan fingerprint density at radius 1 is 1.00 bits per heavy atom. The normalized spacial score (nSPS) is 12.5. The average molecular weight is 285 g/mol. The van der Waals surface area contributed by atoms with E-state index in [1.807, 2.05) is 30.3 Å². The van der Waals surface area contributed by atoms with Gasteiger partial charge in [-0.05, 0) is 23.1 Å². The van der Waals surface area contributed by atoms with Gasteiger partial charge in [-0.15, -0.1) is 0 Å². The molecule has 1 heterocycles. The van der Waals surface area contributed by atoms with Crippen molar-refractivity contribution in [3.05, 3.63) is 77.6 Å². The molecule has 0 aliphatic heterocycles. The van der Waals surface area contributed by atoms with Crippen molar-refractivity contribution in [3.8, 4) is 0 Å². The molecule has 2 aromatic carbocycles. The summed E-state index contributed by atoms with van der Waals surface area (Å²) >= 11 is 0. The summed E-state index contributed by atoms with van der Waals surface area (Å²) in [5.74, 6) is -1.83. The number of pyridine rings is 1. The third-order valence-electron chi connectivity index (χ3n) is 3.46. The molecular formula is C17H13F2NO. The Kier molecular flexibility index (Phi) is 3.62. The van der Waals surface area contributed by atoms with E-state index in [-0.39, 0.29) is 12.0 Å². The lowest BCUT2D eigenvalue weighted by molar-refractivity contribution is 0.173. The van der Waals surface area contributed by atoms with Crippen LogP contribution in [-0.4, -0.2) is 10.1 Å². The molecule has 3 aromatic rings. The van der Waals surface area contributed by atoms with Gasteiger partial charge in [-0.2, -0.15) is 0 Å². The largest absolute Gasteiger partial charge is 0.386 e. The van der Waals surface area contributed by atoms with Gasteiger partial charge in [0.2, 0.25) is 0 Å². The minimum Gasteiger partial charge on any atom is -0.386 e. The second kappa shape index (κ2) is 5.58. The molecule has 0 bridgehead atoms. The summed E-state index contributed by atoms with van der Waals surface area (Å²) in [7, 11) is 0. The molecule has 0 radical (unpaired) electrons. The second-order valence-corrected chi connectivity index (χ2v) is 4.85. The summed E-state index contributed by atoms with van der Waals surface area (Å²) in [5, 5.41) is 12.1. The predicted molar refractivity (Wildman–Crippen MR) is 76.8 cm³/mol. The third-order valence-corrected chi connectivity index (χ3v) is 3.46. The van der Waals surface area contributed by atoms with Gasteiger partial charge in [0.25, 0.3) is 0 Å². The van der Waals surface area contributed by atoms with Crippen molar-refractivity contribution in [1.82, 2.24) is 4.98 Å². The number of aromatic nitrogens is 1. The van der Waals surface area contributed by atoms with Gasteiger partial charge in [0.1, 0.15) is 6.10 Å². The first-order valence-electron chi connectivity index (χ1n) is 6.61. The van der Waals surface area contributed by atoms with Gasteiger partial charge in [0.15, 0.2) is 11.6 Å². The summed E-state index contributed by atoms with van der Waals surface area (Å²) in [5.41, 5.74) is 0.606. The highest BCUT2D eigenvalue weighted by Crippen LogP contribution is 2.25. The van der Waals surface area contributed by atoms with Crippen LogP contribution in [-0.2, 0) is 6.42 Å². The molecule has 0 aliphatic carbocycles. The van der Waals surface area contributed by atoms with Gasteiger partial charge in [0.05, 0.1) is 5.69 Å². The molecule has 0 saturated carbocycles. The van der Waals surface area contributed by atoms with Crippen molar-refractivity contribution in [2.75, 3.05) is 0 Å². The summed E-state index contributed by atoms with van der Waals surface area (Å²) in [6.45, 7) is 0. The molecule has 1 N–H and O–H groups in total. The van der Waals surface area contributed by atoms with Gasteiger partial charge in [-0.25, -0.2) is 8.78 Å². The van der Waals surface area contributed by atoms with E-state index in [0.29, 0.717) is 5.69 Å². The van der Waals surface area contributed by atoms with Crippen molar-refractivity contribution >= 4 is 10.8 Å². The second-order valence-electron chi connectivity index (χ2n) is 4.85. The van der Waals surface area contributed by atoms with E-state index in [1.54, 1.807) is 6.20 Å². The molecule has 1 unspecified atom stereocenters. The molecule has 0 saturated heterocycles. The van der Waals surface area contributed by atoms with Crippen LogP contribution in [0.2, 0.25) is 0 Å². The van der Waals surface area contributed by atoms with E-state index >= 15 is 0 Å². The Hall–Kier alpha value is -2.33. The fourth-order valence-electron chi connectivity index (χ4n) is 2.42. The fourth-order valence-corrected chi connectivity index (χ4v) is 2.42. The molecule has 0 amide bonds. The first-order chi connectivity index (χ1) is 10.2. The lowest BCUT2D eigenvalue weighted by Crippen LogP contribution is -2.07. The monoisotopic (exact) mass is 285 g/mol. The van der Waals surface area contributed by atoms with Crippen molar-refractivity contribution in [1.29, 1.82) is 0 Å². The Morgan fingerprint density at radius 2 is 1.81 bits per heavy atom. The topological polar surface area (TPSA) is 33.1 Å². The number of nitrogens with zero attached hydrogens (tertiary/aromatic N) is 1. The van der Waals surface area contributed by atoms with Gasteiger partial charge in [-0.3, -0.25) is 4.98 Å². The first kappa shape index (κ1) is 13.6. The van der Waals surface area contributed by atoms with Gasteiger partial charge in [0, 0.05) is 18.0 Å². The van der Waals surface area contributed by atoms with Crippen LogP contribution in [0.1, 0.15) is 17.4 Å². The van der Waals surface area contributed by atoms with E-state index < -0.39 is 17.7 Å². The van der Waals surface area contributed by atoms with Crippen LogP contribution in [0.3, 0.4) is 0 Å². The maximum absolute atomic E-state index is 13.7. The number of hydrogen-bond donors (Lipinski definition) is 1. The smallest absolute Gasteiger partial charge is 0.162 e. The van der Waals surface area contributed by atoms with E-state index in [9.17, 15) is 13.9 Å². The molecule has 1 aromatic heterocycles. The zero-order valence-electron chi connectivity index (χ0n) is 11.1. The summed E-state index contributed by atoms with van der Waals surface area (Å²) < 4.78 is 26.9. The highest BCUT2D eigenvalue weighted by molar-refractivity contribution is 5.84. The summed E-state index contributed by atoms with van der Waals surface area (Å²) in [6.07, 6.45) is 0.584. The number of rotatable bonds is 3. The molecule has 0 aliphatic rings. The van der Waals surface area contributed by atoms with Crippen LogP contribution in [0.4, 0.5) is 8.78 Å². The molecule has 106 valence electrons. The summed E-state index contributed by atoms with van der Waals surface area (Å²) in [4.78, 5) is 4.19. The van der Waals surface area contributed by atoms with Crippen LogP contribution in [0, 0.1) is 11.6 Å². The first-order valence-corrected chi connectivity index (χ1v) is 6.61. The molecular weight excluding hydrogens is 272 g/mol. The van der Waals surface area contributed by atoms with E-state index in [2.05, 4.69) is 4.98 Å². The predicted octanol–water partition coefficient (Wildman–Crippen LogP) is 3.79. The zero-order chi connectivity index (χ0) is 14.8. The molecule has 2 nitrogen and oxygen atoms in total. The third kappa shape index (κ3) is 2.62. The van der Waals surface area contributed by atoms with Gasteiger partial charge < -0.3 is 5.11 Å². The SMILES string of the molecule is OC(Cc1cccc(F)c1F)c1nccc2ccccc12. The van der Waals surface area contributed by atoms with E-state index in [1.165, 1.54) is 12.1 Å². The van der Waals surface area contributed by atoms with Crippen molar-refractivity contribution in [2.24, 2.45) is 0 Å². The fraction of sp³-hybridized carbons (Fsp3) is 0.118. The van der Waals surface area contributed by atoms with Crippen LogP contribution in [0.15, 0.2) is 54.7 Å². The molecule has 0 spiro atoms.